The van der Waals surface area contributed by atoms with Crippen LogP contribution in [0.3, 0.4) is 0 Å². The molecule has 0 amide bonds. The first-order valence-electron chi connectivity index (χ1n) is 9.90. The molecule has 5 heteroatoms. The Hall–Kier alpha value is -3.08. The van der Waals surface area contributed by atoms with E-state index < -0.39 is 0 Å². The summed E-state index contributed by atoms with van der Waals surface area (Å²) in [5.41, 5.74) is 3.74. The van der Waals surface area contributed by atoms with Gasteiger partial charge in [0.05, 0.1) is 23.6 Å². The van der Waals surface area contributed by atoms with Crippen LogP contribution in [0, 0.1) is 5.92 Å². The molecule has 2 heterocycles. The van der Waals surface area contributed by atoms with Gasteiger partial charge in [-0.25, -0.2) is 4.79 Å². The van der Waals surface area contributed by atoms with E-state index in [-0.39, 0.29) is 11.7 Å². The minimum absolute atomic E-state index is 0.0238. The molecule has 1 fully saturated rings. The molecular formula is C23H23N3O2. The fourth-order valence-corrected chi connectivity index (χ4v) is 3.93. The predicted octanol–water partition coefficient (Wildman–Crippen LogP) is 4.40. The second kappa shape index (κ2) is 6.82. The lowest BCUT2D eigenvalue weighted by Gasteiger charge is -2.13. The van der Waals surface area contributed by atoms with E-state index in [0.717, 1.165) is 40.4 Å². The maximum absolute atomic E-state index is 13.4. The molecule has 0 spiro atoms. The largest absolute Gasteiger partial charge is 0.361 e. The Morgan fingerprint density at radius 3 is 2.54 bits per heavy atom. The number of para-hydroxylation sites is 2. The Morgan fingerprint density at radius 1 is 1.07 bits per heavy atom. The Morgan fingerprint density at radius 2 is 1.79 bits per heavy atom. The Balaban J connectivity index is 1.55. The minimum Gasteiger partial charge on any atom is -0.361 e. The van der Waals surface area contributed by atoms with E-state index in [4.69, 9.17) is 4.52 Å². The maximum Gasteiger partial charge on any atom is 0.330 e. The van der Waals surface area contributed by atoms with Crippen LogP contribution in [0.15, 0.2) is 70.0 Å². The number of aromatic nitrogens is 3. The van der Waals surface area contributed by atoms with Crippen LogP contribution in [0.1, 0.15) is 42.8 Å². The quantitative estimate of drug-likeness (QED) is 0.503. The number of benzene rings is 2. The maximum atomic E-state index is 13.4. The molecule has 1 aliphatic carbocycles. The van der Waals surface area contributed by atoms with Crippen LogP contribution in [0.25, 0.3) is 11.0 Å². The van der Waals surface area contributed by atoms with Crippen LogP contribution in [0.5, 0.6) is 0 Å². The number of rotatable bonds is 6. The zero-order chi connectivity index (χ0) is 19.1. The van der Waals surface area contributed by atoms with Crippen LogP contribution >= 0.6 is 0 Å². The molecule has 0 saturated heterocycles. The zero-order valence-corrected chi connectivity index (χ0v) is 15.9. The Kier molecular flexibility index (Phi) is 4.15. The van der Waals surface area contributed by atoms with Crippen molar-refractivity contribution in [3.63, 3.8) is 0 Å². The van der Waals surface area contributed by atoms with E-state index in [0.29, 0.717) is 6.54 Å². The molecule has 1 saturated carbocycles. The average Bonchev–Trinajstić information content (AvgIpc) is 3.36. The topological polar surface area (TPSA) is 53.0 Å². The van der Waals surface area contributed by atoms with Crippen LogP contribution in [-0.2, 0) is 13.0 Å². The standard InChI is InChI=1S/C23H23N3O2/c1-16(18-7-3-2-4-8-18)26-22-10-6-5-9-21(22)25(23(26)27)15-19-14-20(28-24-19)13-17-11-12-17/h2-10,14,16-17H,11-13,15H2,1H3. The molecule has 1 atom stereocenters. The molecule has 1 aliphatic rings. The summed E-state index contributed by atoms with van der Waals surface area (Å²) >= 11 is 0. The first-order valence-corrected chi connectivity index (χ1v) is 9.90. The Bertz CT molecular complexity index is 1170. The predicted molar refractivity (Wildman–Crippen MR) is 108 cm³/mol. The van der Waals surface area contributed by atoms with Gasteiger partial charge < -0.3 is 4.52 Å². The van der Waals surface area contributed by atoms with Crippen molar-refractivity contribution >= 4 is 11.0 Å². The number of hydrogen-bond acceptors (Lipinski definition) is 3. The molecule has 2 aromatic heterocycles. The van der Waals surface area contributed by atoms with Gasteiger partial charge in [0.15, 0.2) is 0 Å². The molecular weight excluding hydrogens is 350 g/mol. The van der Waals surface area contributed by atoms with Crippen LogP contribution in [-0.4, -0.2) is 14.3 Å². The van der Waals surface area contributed by atoms with Gasteiger partial charge in [-0.3, -0.25) is 9.13 Å². The summed E-state index contributed by atoms with van der Waals surface area (Å²) in [6, 6.07) is 20.0. The number of nitrogens with zero attached hydrogens (tertiary/aromatic N) is 3. The van der Waals surface area contributed by atoms with E-state index in [2.05, 4.69) is 24.2 Å². The van der Waals surface area contributed by atoms with Crippen LogP contribution in [0.4, 0.5) is 0 Å². The third-order valence-electron chi connectivity index (χ3n) is 5.65. The van der Waals surface area contributed by atoms with Crippen molar-refractivity contribution in [3.8, 4) is 0 Å². The van der Waals surface area contributed by atoms with Crippen molar-refractivity contribution in [2.45, 2.75) is 38.8 Å². The summed E-state index contributed by atoms with van der Waals surface area (Å²) in [5.74, 6) is 1.67. The van der Waals surface area contributed by atoms with Crippen molar-refractivity contribution in [2.24, 2.45) is 5.92 Å². The highest BCUT2D eigenvalue weighted by molar-refractivity contribution is 5.76. The average molecular weight is 373 g/mol. The lowest BCUT2D eigenvalue weighted by Crippen LogP contribution is -2.27. The summed E-state index contributed by atoms with van der Waals surface area (Å²) in [6.07, 6.45) is 3.51. The molecule has 0 N–H and O–H groups in total. The van der Waals surface area contributed by atoms with Gasteiger partial charge in [0, 0.05) is 12.5 Å². The summed E-state index contributed by atoms with van der Waals surface area (Å²) < 4.78 is 9.16. The van der Waals surface area contributed by atoms with E-state index in [9.17, 15) is 4.79 Å². The fourth-order valence-electron chi connectivity index (χ4n) is 3.93. The SMILES string of the molecule is CC(c1ccccc1)n1c(=O)n(Cc2cc(CC3CC3)on2)c2ccccc21. The van der Waals surface area contributed by atoms with E-state index >= 15 is 0 Å². The van der Waals surface area contributed by atoms with Crippen molar-refractivity contribution < 1.29 is 4.52 Å². The van der Waals surface area contributed by atoms with E-state index in [1.165, 1.54) is 12.8 Å². The lowest BCUT2D eigenvalue weighted by molar-refractivity contribution is 0.371. The highest BCUT2D eigenvalue weighted by Crippen LogP contribution is 2.32. The van der Waals surface area contributed by atoms with Crippen molar-refractivity contribution in [3.05, 3.63) is 88.2 Å². The zero-order valence-electron chi connectivity index (χ0n) is 15.9. The number of fused-ring (bicyclic) bond motifs is 1. The minimum atomic E-state index is -0.0532. The highest BCUT2D eigenvalue weighted by atomic mass is 16.5. The molecule has 28 heavy (non-hydrogen) atoms. The molecule has 4 aromatic rings. The van der Waals surface area contributed by atoms with Gasteiger partial charge in [-0.05, 0) is 43.4 Å². The molecule has 142 valence electrons. The molecule has 1 unspecified atom stereocenters. The normalized spacial score (nSPS) is 15.2. The molecule has 0 radical (unpaired) electrons. The van der Waals surface area contributed by atoms with Gasteiger partial charge in [0.25, 0.3) is 0 Å². The third-order valence-corrected chi connectivity index (χ3v) is 5.65. The van der Waals surface area contributed by atoms with Gasteiger partial charge in [0.2, 0.25) is 0 Å². The molecule has 5 rings (SSSR count). The van der Waals surface area contributed by atoms with Gasteiger partial charge in [-0.15, -0.1) is 0 Å². The van der Waals surface area contributed by atoms with E-state index in [1.807, 2.05) is 53.1 Å². The summed E-state index contributed by atoms with van der Waals surface area (Å²) in [4.78, 5) is 13.4. The number of imidazole rings is 1. The molecule has 5 nitrogen and oxygen atoms in total. The van der Waals surface area contributed by atoms with Crippen molar-refractivity contribution in [1.82, 2.24) is 14.3 Å². The summed E-state index contributed by atoms with van der Waals surface area (Å²) in [7, 11) is 0. The number of hydrogen-bond donors (Lipinski definition) is 0. The summed E-state index contributed by atoms with van der Waals surface area (Å²) in [5, 5.41) is 4.21. The second-order valence-electron chi connectivity index (χ2n) is 7.75. The second-order valence-corrected chi connectivity index (χ2v) is 7.75. The summed E-state index contributed by atoms with van der Waals surface area (Å²) in [6.45, 7) is 2.49. The van der Waals surface area contributed by atoms with Crippen LogP contribution < -0.4 is 5.69 Å². The van der Waals surface area contributed by atoms with Gasteiger partial charge >= 0.3 is 5.69 Å². The molecule has 0 bridgehead atoms. The lowest BCUT2D eigenvalue weighted by atomic mass is 10.1. The van der Waals surface area contributed by atoms with Gasteiger partial charge in [0.1, 0.15) is 11.5 Å². The van der Waals surface area contributed by atoms with Crippen molar-refractivity contribution in [2.75, 3.05) is 0 Å². The van der Waals surface area contributed by atoms with Gasteiger partial charge in [-0.1, -0.05) is 47.6 Å². The monoisotopic (exact) mass is 373 g/mol. The first kappa shape index (κ1) is 17.0. The molecule has 0 aliphatic heterocycles. The molecule has 2 aromatic carbocycles. The van der Waals surface area contributed by atoms with Crippen molar-refractivity contribution in [1.29, 1.82) is 0 Å². The third kappa shape index (κ3) is 3.07. The first-order chi connectivity index (χ1) is 13.7. The van der Waals surface area contributed by atoms with Gasteiger partial charge in [-0.2, -0.15) is 0 Å². The van der Waals surface area contributed by atoms with E-state index in [1.54, 1.807) is 4.57 Å². The Labute approximate surface area is 163 Å². The smallest absolute Gasteiger partial charge is 0.330 e. The highest BCUT2D eigenvalue weighted by Gasteiger charge is 2.24. The fraction of sp³-hybridized carbons (Fsp3) is 0.304. The van der Waals surface area contributed by atoms with Crippen LogP contribution in [0.2, 0.25) is 0 Å².